The molecule has 2 saturated heterocycles. The van der Waals surface area contributed by atoms with Crippen LogP contribution in [0.1, 0.15) is 13.3 Å². The molecule has 6 heteroatoms. The van der Waals surface area contributed by atoms with Gasteiger partial charge in [-0.1, -0.05) is 0 Å². The van der Waals surface area contributed by atoms with Crippen LogP contribution in [0.2, 0.25) is 0 Å². The van der Waals surface area contributed by atoms with Gasteiger partial charge < -0.3 is 10.1 Å². The van der Waals surface area contributed by atoms with Gasteiger partial charge in [0.1, 0.15) is 6.10 Å². The van der Waals surface area contributed by atoms with Crippen molar-refractivity contribution in [2.75, 3.05) is 26.2 Å². The molecule has 0 aliphatic carbocycles. The number of nitrogens with zero attached hydrogens (tertiary/aromatic N) is 1. The predicted octanol–water partition coefficient (Wildman–Crippen LogP) is 0.231. The Balaban J connectivity index is 1.85. The SMILES string of the molecule is C[C@@H]1CN(CC2CC(F)(F)C(=O)O2)CCN1. The lowest BCUT2D eigenvalue weighted by atomic mass is 10.1. The fraction of sp³-hybridized carbons (Fsp3) is 0.900. The molecule has 0 spiro atoms. The van der Waals surface area contributed by atoms with E-state index in [1.54, 1.807) is 0 Å². The number of carbonyl (C=O) groups excluding carboxylic acids is 1. The van der Waals surface area contributed by atoms with Crippen molar-refractivity contribution in [3.63, 3.8) is 0 Å². The molecular formula is C10H16F2N2O2. The fourth-order valence-corrected chi connectivity index (χ4v) is 2.22. The van der Waals surface area contributed by atoms with Crippen LogP contribution in [0.5, 0.6) is 0 Å². The third-order valence-electron chi connectivity index (χ3n) is 2.97. The number of hydrogen-bond acceptors (Lipinski definition) is 4. The Bertz CT molecular complexity index is 286. The van der Waals surface area contributed by atoms with Gasteiger partial charge in [0.2, 0.25) is 0 Å². The lowest BCUT2D eigenvalue weighted by Crippen LogP contribution is -2.51. The largest absolute Gasteiger partial charge is 0.456 e. The first kappa shape index (κ1) is 11.7. The Morgan fingerprint density at radius 1 is 1.62 bits per heavy atom. The van der Waals surface area contributed by atoms with E-state index in [-0.39, 0.29) is 0 Å². The summed E-state index contributed by atoms with van der Waals surface area (Å²) in [4.78, 5) is 12.9. The van der Waals surface area contributed by atoms with Crippen LogP contribution >= 0.6 is 0 Å². The first-order chi connectivity index (χ1) is 7.47. The summed E-state index contributed by atoms with van der Waals surface area (Å²) in [5, 5.41) is 3.26. The average molecular weight is 234 g/mol. The van der Waals surface area contributed by atoms with Gasteiger partial charge in [-0.25, -0.2) is 4.79 Å². The third-order valence-corrected chi connectivity index (χ3v) is 2.97. The van der Waals surface area contributed by atoms with Gasteiger partial charge in [-0.3, -0.25) is 4.90 Å². The number of esters is 1. The van der Waals surface area contributed by atoms with Crippen LogP contribution in [0, 0.1) is 0 Å². The predicted molar refractivity (Wildman–Crippen MR) is 53.3 cm³/mol. The van der Waals surface area contributed by atoms with E-state index >= 15 is 0 Å². The maximum Gasteiger partial charge on any atom is 0.377 e. The van der Waals surface area contributed by atoms with Crippen LogP contribution in [-0.2, 0) is 9.53 Å². The number of rotatable bonds is 2. The van der Waals surface area contributed by atoms with E-state index in [1.165, 1.54) is 0 Å². The van der Waals surface area contributed by atoms with Gasteiger partial charge in [0.05, 0.1) is 6.42 Å². The highest BCUT2D eigenvalue weighted by Gasteiger charge is 2.51. The van der Waals surface area contributed by atoms with Crippen LogP contribution in [0.15, 0.2) is 0 Å². The summed E-state index contributed by atoms with van der Waals surface area (Å²) in [6, 6.07) is 0.353. The quantitative estimate of drug-likeness (QED) is 0.695. The number of alkyl halides is 2. The molecule has 2 rings (SSSR count). The first-order valence-electron chi connectivity index (χ1n) is 5.52. The Kier molecular flexibility index (Phi) is 3.12. The topological polar surface area (TPSA) is 41.6 Å². The molecule has 0 bridgehead atoms. The van der Waals surface area contributed by atoms with Crippen molar-refractivity contribution in [3.8, 4) is 0 Å². The Hall–Kier alpha value is -0.750. The van der Waals surface area contributed by atoms with Crippen LogP contribution in [-0.4, -0.2) is 55.1 Å². The number of hydrogen-bond donors (Lipinski definition) is 1. The zero-order chi connectivity index (χ0) is 11.8. The number of carbonyl (C=O) groups is 1. The molecule has 0 saturated carbocycles. The van der Waals surface area contributed by atoms with E-state index in [1.807, 2.05) is 6.92 Å². The van der Waals surface area contributed by atoms with Crippen molar-refractivity contribution in [2.45, 2.75) is 31.4 Å². The molecule has 0 amide bonds. The van der Waals surface area contributed by atoms with Gasteiger partial charge in [0.25, 0.3) is 0 Å². The third kappa shape index (κ3) is 2.49. The number of ether oxygens (including phenoxy) is 1. The summed E-state index contributed by atoms with van der Waals surface area (Å²) < 4.78 is 30.5. The molecule has 2 aliphatic rings. The van der Waals surface area contributed by atoms with E-state index in [0.29, 0.717) is 12.6 Å². The van der Waals surface area contributed by atoms with Crippen molar-refractivity contribution in [1.29, 1.82) is 0 Å². The number of cyclic esters (lactones) is 1. The molecular weight excluding hydrogens is 218 g/mol. The fourth-order valence-electron chi connectivity index (χ4n) is 2.22. The second-order valence-corrected chi connectivity index (χ2v) is 4.55. The zero-order valence-corrected chi connectivity index (χ0v) is 9.21. The first-order valence-corrected chi connectivity index (χ1v) is 5.52. The van der Waals surface area contributed by atoms with Crippen molar-refractivity contribution >= 4 is 5.97 Å². The van der Waals surface area contributed by atoms with Gasteiger partial charge in [-0.05, 0) is 6.92 Å². The molecule has 0 aromatic heterocycles. The number of halogens is 2. The van der Waals surface area contributed by atoms with E-state index in [0.717, 1.165) is 19.6 Å². The lowest BCUT2D eigenvalue weighted by Gasteiger charge is -2.32. The summed E-state index contributed by atoms with van der Waals surface area (Å²) in [6.07, 6.45) is -1.14. The van der Waals surface area contributed by atoms with Crippen molar-refractivity contribution < 1.29 is 18.3 Å². The molecule has 4 nitrogen and oxygen atoms in total. The Labute approximate surface area is 92.9 Å². The molecule has 2 heterocycles. The monoisotopic (exact) mass is 234 g/mol. The van der Waals surface area contributed by atoms with Crippen LogP contribution in [0.4, 0.5) is 8.78 Å². The second kappa shape index (κ2) is 4.25. The van der Waals surface area contributed by atoms with Gasteiger partial charge in [0.15, 0.2) is 0 Å². The highest BCUT2D eigenvalue weighted by Crippen LogP contribution is 2.31. The molecule has 0 aromatic rings. The lowest BCUT2D eigenvalue weighted by molar-refractivity contribution is -0.159. The van der Waals surface area contributed by atoms with Gasteiger partial charge >= 0.3 is 11.9 Å². The maximum absolute atomic E-state index is 12.9. The molecule has 0 aromatic carbocycles. The molecule has 2 fully saturated rings. The Morgan fingerprint density at radius 2 is 2.38 bits per heavy atom. The van der Waals surface area contributed by atoms with E-state index in [9.17, 15) is 13.6 Å². The van der Waals surface area contributed by atoms with Crippen LogP contribution in [0.3, 0.4) is 0 Å². The molecule has 92 valence electrons. The molecule has 16 heavy (non-hydrogen) atoms. The molecule has 1 unspecified atom stereocenters. The minimum atomic E-state index is -3.29. The summed E-state index contributed by atoms with van der Waals surface area (Å²) >= 11 is 0. The standard InChI is InChI=1S/C10H16F2N2O2/c1-7-5-14(3-2-13-7)6-8-4-10(11,12)9(15)16-8/h7-8,13H,2-6H2,1H3/t7-,8?/m1/s1. The average Bonchev–Trinajstić information content (AvgIpc) is 2.40. The smallest absolute Gasteiger partial charge is 0.377 e. The summed E-state index contributed by atoms with van der Waals surface area (Å²) in [5.41, 5.74) is 0. The Morgan fingerprint density at radius 3 is 2.94 bits per heavy atom. The molecule has 2 aliphatic heterocycles. The van der Waals surface area contributed by atoms with Crippen molar-refractivity contribution in [1.82, 2.24) is 10.2 Å². The van der Waals surface area contributed by atoms with E-state index in [4.69, 9.17) is 0 Å². The number of piperazine rings is 1. The van der Waals surface area contributed by atoms with Crippen molar-refractivity contribution in [3.05, 3.63) is 0 Å². The second-order valence-electron chi connectivity index (χ2n) is 4.55. The molecule has 1 N–H and O–H groups in total. The summed E-state index contributed by atoms with van der Waals surface area (Å²) in [6.45, 7) is 4.91. The maximum atomic E-state index is 12.9. The highest BCUT2D eigenvalue weighted by atomic mass is 19.3. The summed E-state index contributed by atoms with van der Waals surface area (Å²) in [7, 11) is 0. The van der Waals surface area contributed by atoms with Gasteiger partial charge in [-0.2, -0.15) is 8.78 Å². The van der Waals surface area contributed by atoms with Gasteiger partial charge in [0, 0.05) is 32.2 Å². The highest BCUT2D eigenvalue weighted by molar-refractivity contribution is 5.79. The number of nitrogens with one attached hydrogen (secondary N) is 1. The minimum absolute atomic E-state index is 0.353. The minimum Gasteiger partial charge on any atom is -0.456 e. The normalized spacial score (nSPS) is 35.1. The van der Waals surface area contributed by atoms with Crippen molar-refractivity contribution in [2.24, 2.45) is 0 Å². The van der Waals surface area contributed by atoms with Gasteiger partial charge in [-0.15, -0.1) is 0 Å². The zero-order valence-electron chi connectivity index (χ0n) is 9.21. The van der Waals surface area contributed by atoms with E-state index in [2.05, 4.69) is 15.0 Å². The van der Waals surface area contributed by atoms with Crippen LogP contribution < -0.4 is 5.32 Å². The molecule has 0 radical (unpaired) electrons. The van der Waals surface area contributed by atoms with Crippen LogP contribution in [0.25, 0.3) is 0 Å². The molecule has 2 atom stereocenters. The summed E-state index contributed by atoms with van der Waals surface area (Å²) in [5.74, 6) is -4.66. The van der Waals surface area contributed by atoms with E-state index < -0.39 is 24.4 Å².